The van der Waals surface area contributed by atoms with E-state index in [2.05, 4.69) is 4.99 Å². The molecule has 0 amide bonds. The lowest BCUT2D eigenvalue weighted by Gasteiger charge is -2.11. The highest BCUT2D eigenvalue weighted by molar-refractivity contribution is 6.31. The first-order valence-electron chi connectivity index (χ1n) is 4.65. The van der Waals surface area contributed by atoms with Crippen LogP contribution in [0.5, 0.6) is 5.75 Å². The summed E-state index contributed by atoms with van der Waals surface area (Å²) in [6, 6.07) is 5.37. The molecular formula is C11H10ClNO2. The van der Waals surface area contributed by atoms with Crippen molar-refractivity contribution in [1.82, 2.24) is 0 Å². The van der Waals surface area contributed by atoms with Gasteiger partial charge in [-0.05, 0) is 31.0 Å². The third kappa shape index (κ3) is 1.76. The number of rotatable bonds is 3. The Kier molecular flexibility index (Phi) is 2.51. The molecule has 15 heavy (non-hydrogen) atoms. The average Bonchev–Trinajstić information content (AvgIpc) is 3.00. The van der Waals surface area contributed by atoms with Crippen molar-refractivity contribution in [3.63, 3.8) is 0 Å². The van der Waals surface area contributed by atoms with Gasteiger partial charge in [0, 0.05) is 10.6 Å². The van der Waals surface area contributed by atoms with Gasteiger partial charge in [0.05, 0.1) is 12.6 Å². The van der Waals surface area contributed by atoms with Crippen molar-refractivity contribution in [2.24, 2.45) is 4.99 Å². The van der Waals surface area contributed by atoms with Gasteiger partial charge in [-0.1, -0.05) is 11.6 Å². The number of halogens is 1. The van der Waals surface area contributed by atoms with Crippen molar-refractivity contribution in [2.75, 3.05) is 7.11 Å². The van der Waals surface area contributed by atoms with Gasteiger partial charge in [-0.15, -0.1) is 0 Å². The van der Waals surface area contributed by atoms with E-state index in [1.165, 1.54) is 0 Å². The first kappa shape index (κ1) is 10.2. The molecule has 0 saturated heterocycles. The number of aliphatic imine (C=N–C) groups is 1. The zero-order valence-corrected chi connectivity index (χ0v) is 9.04. The Labute approximate surface area is 92.7 Å². The number of hydrogen-bond donors (Lipinski definition) is 0. The van der Waals surface area contributed by atoms with Crippen LogP contribution in [0.2, 0.25) is 5.02 Å². The second kappa shape index (κ2) is 3.69. The van der Waals surface area contributed by atoms with E-state index in [0.29, 0.717) is 5.02 Å². The number of carbonyl (C=O) groups excluding carboxylic acids is 1. The fourth-order valence-electron chi connectivity index (χ4n) is 1.64. The number of benzene rings is 1. The van der Waals surface area contributed by atoms with Crippen LogP contribution in [0.3, 0.4) is 0 Å². The predicted molar refractivity (Wildman–Crippen MR) is 57.0 cm³/mol. The summed E-state index contributed by atoms with van der Waals surface area (Å²) in [6.07, 6.45) is 3.29. The van der Waals surface area contributed by atoms with Gasteiger partial charge in [0.2, 0.25) is 6.08 Å². The molecule has 4 heteroatoms. The maximum Gasteiger partial charge on any atom is 0.235 e. The first-order chi connectivity index (χ1) is 7.22. The number of isocyanates is 1. The van der Waals surface area contributed by atoms with E-state index in [4.69, 9.17) is 16.3 Å². The van der Waals surface area contributed by atoms with Crippen molar-refractivity contribution in [3.8, 4) is 5.75 Å². The van der Waals surface area contributed by atoms with Crippen LogP contribution in [0.4, 0.5) is 0 Å². The Morgan fingerprint density at radius 3 is 2.80 bits per heavy atom. The van der Waals surface area contributed by atoms with E-state index in [0.717, 1.165) is 24.2 Å². The summed E-state index contributed by atoms with van der Waals surface area (Å²) in [5.74, 6) is 0.724. The Bertz CT molecular complexity index is 434. The standard InChI is InChI=1S/C11H10ClNO2/c1-15-8-2-3-10(12)9(6-8)11(4-5-11)13-7-14/h2-3,6H,4-5H2,1H3. The topological polar surface area (TPSA) is 38.7 Å². The highest BCUT2D eigenvalue weighted by atomic mass is 35.5. The van der Waals surface area contributed by atoms with Crippen LogP contribution in [-0.2, 0) is 10.3 Å². The van der Waals surface area contributed by atoms with Gasteiger partial charge in [-0.2, -0.15) is 4.99 Å². The van der Waals surface area contributed by atoms with Gasteiger partial charge in [0.1, 0.15) is 5.75 Å². The normalized spacial score (nSPS) is 16.7. The van der Waals surface area contributed by atoms with Gasteiger partial charge >= 0.3 is 0 Å². The fraction of sp³-hybridized carbons (Fsp3) is 0.364. The lowest BCUT2D eigenvalue weighted by Crippen LogP contribution is -2.03. The summed E-state index contributed by atoms with van der Waals surface area (Å²) >= 11 is 6.07. The Hall–Kier alpha value is -1.31. The Balaban J connectivity index is 2.47. The molecule has 0 spiro atoms. The minimum absolute atomic E-state index is 0.437. The van der Waals surface area contributed by atoms with E-state index in [1.54, 1.807) is 25.3 Å². The van der Waals surface area contributed by atoms with Crippen LogP contribution >= 0.6 is 11.6 Å². The van der Waals surface area contributed by atoms with Gasteiger partial charge in [-0.25, -0.2) is 4.79 Å². The lowest BCUT2D eigenvalue weighted by atomic mass is 10.1. The summed E-state index contributed by atoms with van der Waals surface area (Å²) in [7, 11) is 1.59. The Morgan fingerprint density at radius 2 is 2.27 bits per heavy atom. The van der Waals surface area contributed by atoms with Crippen molar-refractivity contribution in [2.45, 2.75) is 18.4 Å². The Morgan fingerprint density at radius 1 is 1.53 bits per heavy atom. The summed E-state index contributed by atoms with van der Waals surface area (Å²) in [6.45, 7) is 0. The molecule has 1 aromatic carbocycles. The van der Waals surface area contributed by atoms with E-state index in [9.17, 15) is 4.79 Å². The zero-order valence-electron chi connectivity index (χ0n) is 8.29. The highest BCUT2D eigenvalue weighted by Gasteiger charge is 2.46. The molecule has 0 atom stereocenters. The molecule has 0 N–H and O–H groups in total. The molecule has 2 rings (SSSR count). The molecule has 1 aromatic rings. The highest BCUT2D eigenvalue weighted by Crippen LogP contribution is 2.52. The van der Waals surface area contributed by atoms with Crippen molar-refractivity contribution >= 4 is 17.7 Å². The summed E-state index contributed by atoms with van der Waals surface area (Å²) in [4.78, 5) is 14.2. The van der Waals surface area contributed by atoms with E-state index >= 15 is 0 Å². The monoisotopic (exact) mass is 223 g/mol. The van der Waals surface area contributed by atoms with Crippen molar-refractivity contribution in [3.05, 3.63) is 28.8 Å². The molecule has 3 nitrogen and oxygen atoms in total. The third-order valence-corrected chi connectivity index (χ3v) is 2.99. The molecule has 1 fully saturated rings. The van der Waals surface area contributed by atoms with Gasteiger partial charge in [-0.3, -0.25) is 0 Å². The number of nitrogens with zero attached hydrogens (tertiary/aromatic N) is 1. The maximum atomic E-state index is 10.3. The molecular weight excluding hydrogens is 214 g/mol. The largest absolute Gasteiger partial charge is 0.497 e. The maximum absolute atomic E-state index is 10.3. The lowest BCUT2D eigenvalue weighted by molar-refractivity contribution is 0.413. The van der Waals surface area contributed by atoms with Crippen molar-refractivity contribution < 1.29 is 9.53 Å². The zero-order chi connectivity index (χ0) is 10.9. The first-order valence-corrected chi connectivity index (χ1v) is 5.03. The molecule has 0 aliphatic heterocycles. The number of methoxy groups -OCH3 is 1. The molecule has 0 radical (unpaired) electrons. The minimum Gasteiger partial charge on any atom is -0.497 e. The van der Waals surface area contributed by atoms with Crippen LogP contribution in [0.1, 0.15) is 18.4 Å². The molecule has 1 aliphatic rings. The van der Waals surface area contributed by atoms with Crippen LogP contribution in [0, 0.1) is 0 Å². The van der Waals surface area contributed by atoms with Crippen molar-refractivity contribution in [1.29, 1.82) is 0 Å². The SMILES string of the molecule is COc1ccc(Cl)c(C2(N=C=O)CC2)c1. The third-order valence-electron chi connectivity index (χ3n) is 2.66. The van der Waals surface area contributed by atoms with Gasteiger partial charge in [0.25, 0.3) is 0 Å². The summed E-state index contributed by atoms with van der Waals surface area (Å²) in [5.41, 5.74) is 0.416. The van der Waals surface area contributed by atoms with Crippen LogP contribution in [0.15, 0.2) is 23.2 Å². The second-order valence-electron chi connectivity index (χ2n) is 3.58. The van der Waals surface area contributed by atoms with E-state index in [1.807, 2.05) is 6.07 Å². The predicted octanol–water partition coefficient (Wildman–Crippen LogP) is 2.67. The smallest absolute Gasteiger partial charge is 0.235 e. The second-order valence-corrected chi connectivity index (χ2v) is 3.99. The van der Waals surface area contributed by atoms with E-state index < -0.39 is 5.54 Å². The van der Waals surface area contributed by atoms with E-state index in [-0.39, 0.29) is 0 Å². The van der Waals surface area contributed by atoms with Crippen LogP contribution in [-0.4, -0.2) is 13.2 Å². The summed E-state index contributed by atoms with van der Waals surface area (Å²) < 4.78 is 5.11. The minimum atomic E-state index is -0.437. The number of hydrogen-bond acceptors (Lipinski definition) is 3. The van der Waals surface area contributed by atoms with Crippen LogP contribution in [0.25, 0.3) is 0 Å². The molecule has 0 bridgehead atoms. The van der Waals surface area contributed by atoms with Gasteiger partial charge in [0.15, 0.2) is 0 Å². The molecule has 0 heterocycles. The molecule has 1 saturated carbocycles. The van der Waals surface area contributed by atoms with Crippen LogP contribution < -0.4 is 4.74 Å². The molecule has 0 aromatic heterocycles. The summed E-state index contributed by atoms with van der Waals surface area (Å²) in [5, 5.41) is 0.618. The average molecular weight is 224 g/mol. The molecule has 1 aliphatic carbocycles. The molecule has 0 unspecified atom stereocenters. The molecule has 78 valence electrons. The quantitative estimate of drug-likeness (QED) is 0.584. The fourth-order valence-corrected chi connectivity index (χ4v) is 1.93. The number of ether oxygens (including phenoxy) is 1. The van der Waals surface area contributed by atoms with Gasteiger partial charge < -0.3 is 4.74 Å².